The number of hydrogen-bond acceptors (Lipinski definition) is 4. The Morgan fingerprint density at radius 2 is 2.22 bits per heavy atom. The van der Waals surface area contributed by atoms with E-state index in [0.29, 0.717) is 5.41 Å². The molecule has 2 rings (SSSR count). The van der Waals surface area contributed by atoms with Gasteiger partial charge in [0.05, 0.1) is 6.54 Å². The quantitative estimate of drug-likeness (QED) is 0.915. The Kier molecular flexibility index (Phi) is 3.81. The highest BCUT2D eigenvalue weighted by Gasteiger charge is 2.32. The highest BCUT2D eigenvalue weighted by molar-refractivity contribution is 7.11. The van der Waals surface area contributed by atoms with Crippen molar-refractivity contribution in [3.05, 3.63) is 16.1 Å². The fraction of sp³-hybridized carbons (Fsp3) is 0.786. The first-order chi connectivity index (χ1) is 8.32. The molecule has 2 N–H and O–H groups in total. The summed E-state index contributed by atoms with van der Waals surface area (Å²) in [7, 11) is 0. The van der Waals surface area contributed by atoms with E-state index in [0.717, 1.165) is 26.2 Å². The van der Waals surface area contributed by atoms with E-state index in [9.17, 15) is 0 Å². The van der Waals surface area contributed by atoms with Gasteiger partial charge in [-0.15, -0.1) is 11.3 Å². The average molecular weight is 267 g/mol. The van der Waals surface area contributed by atoms with Gasteiger partial charge in [-0.2, -0.15) is 0 Å². The Hall–Kier alpha value is -0.450. The van der Waals surface area contributed by atoms with Gasteiger partial charge in [0, 0.05) is 17.6 Å². The minimum Gasteiger partial charge on any atom is -0.330 e. The third-order valence-electron chi connectivity index (χ3n) is 3.78. The van der Waals surface area contributed by atoms with E-state index in [4.69, 9.17) is 5.73 Å². The maximum absolute atomic E-state index is 5.85. The zero-order valence-electron chi connectivity index (χ0n) is 12.0. The van der Waals surface area contributed by atoms with Crippen LogP contribution in [0.1, 0.15) is 44.0 Å². The molecule has 0 amide bonds. The molecule has 0 aromatic carbocycles. The highest BCUT2D eigenvalue weighted by Crippen LogP contribution is 2.32. The number of likely N-dealkylation sites (tertiary alicyclic amines) is 1. The monoisotopic (exact) mass is 267 g/mol. The molecule has 0 spiro atoms. The van der Waals surface area contributed by atoms with Crippen LogP contribution in [0.2, 0.25) is 0 Å². The lowest BCUT2D eigenvalue weighted by atomic mass is 9.90. The third kappa shape index (κ3) is 3.11. The van der Waals surface area contributed by atoms with Crippen molar-refractivity contribution in [3.63, 3.8) is 0 Å². The van der Waals surface area contributed by atoms with Crippen LogP contribution in [0.5, 0.6) is 0 Å². The van der Waals surface area contributed by atoms with Crippen LogP contribution >= 0.6 is 11.3 Å². The molecule has 4 heteroatoms. The van der Waals surface area contributed by atoms with Gasteiger partial charge in [-0.1, -0.05) is 27.7 Å². The molecule has 1 saturated heterocycles. The molecule has 0 bridgehead atoms. The molecule has 3 nitrogen and oxygen atoms in total. The van der Waals surface area contributed by atoms with Gasteiger partial charge in [-0.3, -0.25) is 4.90 Å². The maximum Gasteiger partial charge on any atom is 0.107 e. The van der Waals surface area contributed by atoms with Gasteiger partial charge in [-0.05, 0) is 30.3 Å². The number of hydrogen-bond donors (Lipinski definition) is 1. The van der Waals surface area contributed by atoms with Gasteiger partial charge >= 0.3 is 0 Å². The summed E-state index contributed by atoms with van der Waals surface area (Å²) >= 11 is 1.85. The molecule has 1 fully saturated rings. The number of nitrogens with two attached hydrogens (primary N) is 1. The topological polar surface area (TPSA) is 42.1 Å². The minimum absolute atomic E-state index is 0.215. The summed E-state index contributed by atoms with van der Waals surface area (Å²) < 4.78 is 0. The first-order valence-corrected chi connectivity index (χ1v) is 7.52. The molecule has 1 unspecified atom stereocenters. The summed E-state index contributed by atoms with van der Waals surface area (Å²) in [6.45, 7) is 13.0. The normalized spacial score (nSPS) is 25.8. The van der Waals surface area contributed by atoms with Gasteiger partial charge < -0.3 is 5.73 Å². The molecule has 0 saturated carbocycles. The van der Waals surface area contributed by atoms with E-state index >= 15 is 0 Å². The second-order valence-corrected chi connectivity index (χ2v) is 7.96. The molecule has 0 radical (unpaired) electrons. The Morgan fingerprint density at radius 1 is 1.50 bits per heavy atom. The SMILES string of the molecule is CC1(CN)CCN(Cc2ncc(C(C)(C)C)s2)C1. The Bertz CT molecular complexity index is 407. The predicted molar refractivity (Wildman–Crippen MR) is 77.9 cm³/mol. The van der Waals surface area contributed by atoms with Gasteiger partial charge in [0.2, 0.25) is 0 Å². The van der Waals surface area contributed by atoms with Gasteiger partial charge in [0.25, 0.3) is 0 Å². The lowest BCUT2D eigenvalue weighted by Crippen LogP contribution is -2.31. The molecular weight excluding hydrogens is 242 g/mol. The summed E-state index contributed by atoms with van der Waals surface area (Å²) in [6, 6.07) is 0. The smallest absolute Gasteiger partial charge is 0.107 e. The van der Waals surface area contributed by atoms with Crippen molar-refractivity contribution in [1.29, 1.82) is 0 Å². The largest absolute Gasteiger partial charge is 0.330 e. The van der Waals surface area contributed by atoms with Gasteiger partial charge in [0.1, 0.15) is 5.01 Å². The Balaban J connectivity index is 1.97. The summed E-state index contributed by atoms with van der Waals surface area (Å²) in [6.07, 6.45) is 3.25. The van der Waals surface area contributed by atoms with Crippen molar-refractivity contribution in [1.82, 2.24) is 9.88 Å². The van der Waals surface area contributed by atoms with E-state index in [2.05, 4.69) is 37.6 Å². The standard InChI is InChI=1S/C14H25N3S/c1-13(2,3)11-7-16-12(18-11)8-17-6-5-14(4,9-15)10-17/h7H,5-6,8-10,15H2,1-4H3. The molecule has 102 valence electrons. The molecule has 1 aliphatic heterocycles. The summed E-state index contributed by atoms with van der Waals surface area (Å²) in [4.78, 5) is 8.42. The van der Waals surface area contributed by atoms with Crippen LogP contribution in [0, 0.1) is 5.41 Å². The van der Waals surface area contributed by atoms with Crippen molar-refractivity contribution in [2.75, 3.05) is 19.6 Å². The van der Waals surface area contributed by atoms with E-state index in [-0.39, 0.29) is 5.41 Å². The second-order valence-electron chi connectivity index (χ2n) is 6.84. The molecular formula is C14H25N3S. The highest BCUT2D eigenvalue weighted by atomic mass is 32.1. The molecule has 0 aliphatic carbocycles. The van der Waals surface area contributed by atoms with Crippen molar-refractivity contribution < 1.29 is 0 Å². The van der Waals surface area contributed by atoms with Crippen LogP contribution in [0.15, 0.2) is 6.20 Å². The first-order valence-electron chi connectivity index (χ1n) is 6.70. The number of thiazole rings is 1. The molecule has 18 heavy (non-hydrogen) atoms. The summed E-state index contributed by atoms with van der Waals surface area (Å²) in [5, 5.41) is 1.24. The zero-order chi connectivity index (χ0) is 13.4. The van der Waals surface area contributed by atoms with Crippen molar-refractivity contribution in [2.24, 2.45) is 11.1 Å². The molecule has 1 atom stereocenters. The molecule has 1 aliphatic rings. The van der Waals surface area contributed by atoms with E-state index in [1.807, 2.05) is 17.5 Å². The summed E-state index contributed by atoms with van der Waals surface area (Å²) in [5.74, 6) is 0. The molecule has 2 heterocycles. The summed E-state index contributed by atoms with van der Waals surface area (Å²) in [5.41, 5.74) is 6.37. The van der Waals surface area contributed by atoms with E-state index in [1.165, 1.54) is 16.3 Å². The minimum atomic E-state index is 0.215. The zero-order valence-corrected chi connectivity index (χ0v) is 12.8. The molecule has 1 aromatic heterocycles. The predicted octanol–water partition coefficient (Wildman–Crippen LogP) is 2.61. The lowest BCUT2D eigenvalue weighted by molar-refractivity contribution is 0.274. The second kappa shape index (κ2) is 4.91. The fourth-order valence-electron chi connectivity index (χ4n) is 2.35. The molecule has 1 aromatic rings. The number of nitrogens with zero attached hydrogens (tertiary/aromatic N) is 2. The average Bonchev–Trinajstić information content (AvgIpc) is 2.86. The number of aromatic nitrogens is 1. The van der Waals surface area contributed by atoms with Crippen LogP contribution in [-0.2, 0) is 12.0 Å². The van der Waals surface area contributed by atoms with Crippen LogP contribution in [0.25, 0.3) is 0 Å². The van der Waals surface area contributed by atoms with Crippen LogP contribution in [0.3, 0.4) is 0 Å². The Labute approximate surface area is 114 Å². The van der Waals surface area contributed by atoms with Crippen LogP contribution in [0.4, 0.5) is 0 Å². The van der Waals surface area contributed by atoms with Crippen molar-refractivity contribution >= 4 is 11.3 Å². The number of rotatable bonds is 3. The van der Waals surface area contributed by atoms with Gasteiger partial charge in [-0.25, -0.2) is 4.98 Å². The first kappa shape index (κ1) is 14.0. The lowest BCUT2D eigenvalue weighted by Gasteiger charge is -2.22. The van der Waals surface area contributed by atoms with Crippen LogP contribution in [-0.4, -0.2) is 29.5 Å². The van der Waals surface area contributed by atoms with E-state index < -0.39 is 0 Å². The van der Waals surface area contributed by atoms with E-state index in [1.54, 1.807) is 0 Å². The van der Waals surface area contributed by atoms with Crippen molar-refractivity contribution in [2.45, 2.75) is 46.1 Å². The third-order valence-corrected chi connectivity index (χ3v) is 5.19. The van der Waals surface area contributed by atoms with Gasteiger partial charge in [0.15, 0.2) is 0 Å². The maximum atomic E-state index is 5.85. The Morgan fingerprint density at radius 3 is 2.72 bits per heavy atom. The van der Waals surface area contributed by atoms with Crippen LogP contribution < -0.4 is 5.73 Å². The van der Waals surface area contributed by atoms with Crippen molar-refractivity contribution in [3.8, 4) is 0 Å². The fourth-order valence-corrected chi connectivity index (χ4v) is 3.37.